The van der Waals surface area contributed by atoms with E-state index >= 15 is 0 Å². The van der Waals surface area contributed by atoms with Gasteiger partial charge in [-0.1, -0.05) is 30.3 Å². The van der Waals surface area contributed by atoms with Crippen molar-refractivity contribution in [1.29, 1.82) is 0 Å². The normalized spacial score (nSPS) is 11.1. The molecule has 0 atom stereocenters. The quantitative estimate of drug-likeness (QED) is 0.756. The molecular weight excluding hydrogens is 239 g/mol. The maximum absolute atomic E-state index is 13.5. The molecule has 1 heterocycles. The number of halogens is 1. The zero-order valence-electron chi connectivity index (χ0n) is 10.8. The van der Waals surface area contributed by atoms with E-state index in [-0.39, 0.29) is 5.82 Å². The van der Waals surface area contributed by atoms with Gasteiger partial charge in [-0.2, -0.15) is 0 Å². The third-order valence-corrected chi connectivity index (χ3v) is 3.40. The summed E-state index contributed by atoms with van der Waals surface area (Å²) in [4.78, 5) is 7.50. The molecular formula is C16H15FN2. The lowest BCUT2D eigenvalue weighted by Crippen LogP contribution is -1.95. The Morgan fingerprint density at radius 3 is 2.68 bits per heavy atom. The number of imidazole rings is 1. The Balaban J connectivity index is 1.83. The van der Waals surface area contributed by atoms with Crippen LogP contribution in [0.15, 0.2) is 42.5 Å². The number of aromatic amines is 1. The molecule has 0 radical (unpaired) electrons. The second-order valence-electron chi connectivity index (χ2n) is 4.75. The number of aromatic nitrogens is 2. The van der Waals surface area contributed by atoms with Crippen molar-refractivity contribution in [2.45, 2.75) is 19.8 Å². The number of hydrogen-bond donors (Lipinski definition) is 1. The topological polar surface area (TPSA) is 28.7 Å². The molecule has 3 aromatic rings. The number of nitrogens with zero attached hydrogens (tertiary/aromatic N) is 1. The van der Waals surface area contributed by atoms with Crippen LogP contribution in [0.3, 0.4) is 0 Å². The number of hydrogen-bond acceptors (Lipinski definition) is 1. The summed E-state index contributed by atoms with van der Waals surface area (Å²) in [6.07, 6.45) is 1.70. The summed E-state index contributed by atoms with van der Waals surface area (Å²) >= 11 is 0. The summed E-state index contributed by atoms with van der Waals surface area (Å²) in [6.45, 7) is 2.10. The fourth-order valence-electron chi connectivity index (χ4n) is 2.31. The van der Waals surface area contributed by atoms with Gasteiger partial charge in [0, 0.05) is 6.42 Å². The van der Waals surface area contributed by atoms with Gasteiger partial charge in [-0.15, -0.1) is 0 Å². The van der Waals surface area contributed by atoms with Crippen molar-refractivity contribution >= 4 is 11.0 Å². The molecule has 0 saturated heterocycles. The molecule has 0 fully saturated rings. The molecule has 1 aromatic heterocycles. The van der Waals surface area contributed by atoms with E-state index in [4.69, 9.17) is 0 Å². The minimum absolute atomic E-state index is 0.268. The first kappa shape index (κ1) is 11.9. The molecule has 0 aliphatic heterocycles. The summed E-state index contributed by atoms with van der Waals surface area (Å²) in [5.41, 5.74) is 3.79. The van der Waals surface area contributed by atoms with E-state index in [0.717, 1.165) is 24.2 Å². The zero-order chi connectivity index (χ0) is 13.2. The lowest BCUT2D eigenvalue weighted by atomic mass is 10.0. The van der Waals surface area contributed by atoms with Crippen LogP contribution in [-0.2, 0) is 12.8 Å². The maximum Gasteiger partial charge on any atom is 0.151 e. The molecule has 0 unspecified atom stereocenters. The van der Waals surface area contributed by atoms with E-state index in [2.05, 4.69) is 29.0 Å². The van der Waals surface area contributed by atoms with Crippen molar-refractivity contribution in [3.63, 3.8) is 0 Å². The minimum atomic E-state index is -0.268. The summed E-state index contributed by atoms with van der Waals surface area (Å²) < 4.78 is 13.5. The molecule has 0 amide bonds. The van der Waals surface area contributed by atoms with Crippen LogP contribution < -0.4 is 0 Å². The molecule has 19 heavy (non-hydrogen) atoms. The summed E-state index contributed by atoms with van der Waals surface area (Å²) in [5.74, 6) is 0.569. The summed E-state index contributed by atoms with van der Waals surface area (Å²) in [6, 6.07) is 13.3. The Labute approximate surface area is 111 Å². The van der Waals surface area contributed by atoms with Gasteiger partial charge in [0.1, 0.15) is 11.3 Å². The molecule has 96 valence electrons. The summed E-state index contributed by atoms with van der Waals surface area (Å²) in [5, 5.41) is 0. The Morgan fingerprint density at radius 2 is 1.89 bits per heavy atom. The number of benzene rings is 2. The van der Waals surface area contributed by atoms with Gasteiger partial charge >= 0.3 is 0 Å². The van der Waals surface area contributed by atoms with E-state index in [1.807, 2.05) is 18.2 Å². The van der Waals surface area contributed by atoms with Gasteiger partial charge in [0.2, 0.25) is 0 Å². The van der Waals surface area contributed by atoms with Crippen LogP contribution in [0, 0.1) is 12.7 Å². The van der Waals surface area contributed by atoms with Crippen molar-refractivity contribution < 1.29 is 4.39 Å². The van der Waals surface area contributed by atoms with Gasteiger partial charge in [-0.05, 0) is 36.6 Å². The third kappa shape index (κ3) is 2.36. The zero-order valence-corrected chi connectivity index (χ0v) is 10.8. The Hall–Kier alpha value is -2.16. The van der Waals surface area contributed by atoms with Gasteiger partial charge in [-0.3, -0.25) is 0 Å². The first-order valence-corrected chi connectivity index (χ1v) is 6.41. The van der Waals surface area contributed by atoms with E-state index in [1.54, 1.807) is 6.07 Å². The van der Waals surface area contributed by atoms with E-state index in [0.29, 0.717) is 5.52 Å². The highest BCUT2D eigenvalue weighted by Crippen LogP contribution is 2.16. The largest absolute Gasteiger partial charge is 0.342 e. The van der Waals surface area contributed by atoms with Crippen LogP contribution in [0.25, 0.3) is 11.0 Å². The lowest BCUT2D eigenvalue weighted by Gasteiger charge is -2.03. The summed E-state index contributed by atoms with van der Waals surface area (Å²) in [7, 11) is 0. The molecule has 0 saturated carbocycles. The van der Waals surface area contributed by atoms with Crippen molar-refractivity contribution in [2.75, 3.05) is 0 Å². The first-order valence-electron chi connectivity index (χ1n) is 6.41. The fourth-order valence-corrected chi connectivity index (χ4v) is 2.31. The lowest BCUT2D eigenvalue weighted by molar-refractivity contribution is 0.637. The van der Waals surface area contributed by atoms with Gasteiger partial charge in [-0.25, -0.2) is 9.37 Å². The minimum Gasteiger partial charge on any atom is -0.342 e. The van der Waals surface area contributed by atoms with Crippen molar-refractivity contribution in [3.05, 3.63) is 65.2 Å². The predicted octanol–water partition coefficient (Wildman–Crippen LogP) is 3.80. The number of para-hydroxylation sites is 1. The standard InChI is InChI=1S/C16H15FN2/c1-11-5-2-3-6-12(11)9-10-15-18-14-8-4-7-13(17)16(14)19-15/h2-8H,9-10H2,1H3,(H,18,19). The SMILES string of the molecule is Cc1ccccc1CCc1nc2c(F)cccc2[nH]1. The fraction of sp³-hybridized carbons (Fsp3) is 0.188. The number of rotatable bonds is 3. The van der Waals surface area contributed by atoms with Gasteiger partial charge in [0.05, 0.1) is 5.52 Å². The second kappa shape index (κ2) is 4.84. The molecule has 0 aliphatic carbocycles. The number of H-pyrrole nitrogens is 1. The average Bonchev–Trinajstić information content (AvgIpc) is 2.82. The number of fused-ring (bicyclic) bond motifs is 1. The highest BCUT2D eigenvalue weighted by Gasteiger charge is 2.07. The Kier molecular flexibility index (Phi) is 3.03. The molecule has 3 rings (SSSR count). The van der Waals surface area contributed by atoms with Gasteiger partial charge in [0.15, 0.2) is 5.82 Å². The van der Waals surface area contributed by atoms with Crippen molar-refractivity contribution in [2.24, 2.45) is 0 Å². The monoisotopic (exact) mass is 254 g/mol. The highest BCUT2D eigenvalue weighted by atomic mass is 19.1. The van der Waals surface area contributed by atoms with Crippen LogP contribution in [0.2, 0.25) is 0 Å². The van der Waals surface area contributed by atoms with Gasteiger partial charge < -0.3 is 4.98 Å². The molecule has 0 spiro atoms. The Morgan fingerprint density at radius 1 is 1.05 bits per heavy atom. The van der Waals surface area contributed by atoms with Gasteiger partial charge in [0.25, 0.3) is 0 Å². The molecule has 2 aromatic carbocycles. The first-order chi connectivity index (χ1) is 9.24. The Bertz CT molecular complexity index is 716. The van der Waals surface area contributed by atoms with Crippen LogP contribution >= 0.6 is 0 Å². The van der Waals surface area contributed by atoms with Crippen molar-refractivity contribution in [3.8, 4) is 0 Å². The van der Waals surface area contributed by atoms with Crippen LogP contribution in [0.5, 0.6) is 0 Å². The van der Waals surface area contributed by atoms with Crippen LogP contribution in [0.1, 0.15) is 17.0 Å². The molecule has 0 bridgehead atoms. The molecule has 0 aliphatic rings. The van der Waals surface area contributed by atoms with E-state index in [9.17, 15) is 4.39 Å². The number of aryl methyl sites for hydroxylation is 3. The van der Waals surface area contributed by atoms with Crippen molar-refractivity contribution in [1.82, 2.24) is 9.97 Å². The van der Waals surface area contributed by atoms with Crippen LogP contribution in [-0.4, -0.2) is 9.97 Å². The molecule has 1 N–H and O–H groups in total. The van der Waals surface area contributed by atoms with E-state index in [1.165, 1.54) is 17.2 Å². The third-order valence-electron chi connectivity index (χ3n) is 3.40. The molecule has 2 nitrogen and oxygen atoms in total. The number of nitrogens with one attached hydrogen (secondary N) is 1. The smallest absolute Gasteiger partial charge is 0.151 e. The predicted molar refractivity (Wildman–Crippen MR) is 74.6 cm³/mol. The van der Waals surface area contributed by atoms with Crippen LogP contribution in [0.4, 0.5) is 4.39 Å². The molecule has 3 heteroatoms. The second-order valence-corrected chi connectivity index (χ2v) is 4.75. The average molecular weight is 254 g/mol. The van der Waals surface area contributed by atoms with E-state index < -0.39 is 0 Å². The highest BCUT2D eigenvalue weighted by molar-refractivity contribution is 5.75. The maximum atomic E-state index is 13.5.